The maximum atomic E-state index is 10.9. The van der Waals surface area contributed by atoms with E-state index in [0.717, 1.165) is 11.4 Å². The molecule has 0 unspecified atom stereocenters. The van der Waals surface area contributed by atoms with Crippen LogP contribution < -0.4 is 4.74 Å². The molecule has 0 bridgehead atoms. The Morgan fingerprint density at radius 1 is 1.39 bits per heavy atom. The van der Waals surface area contributed by atoms with Crippen molar-refractivity contribution in [2.24, 2.45) is 0 Å². The van der Waals surface area contributed by atoms with Crippen molar-refractivity contribution in [3.63, 3.8) is 0 Å². The minimum atomic E-state index is -1.02. The number of ether oxygens (including phenoxy) is 1. The van der Waals surface area contributed by atoms with Gasteiger partial charge in [-0.1, -0.05) is 0 Å². The van der Waals surface area contributed by atoms with E-state index in [1.165, 1.54) is 0 Å². The van der Waals surface area contributed by atoms with E-state index in [9.17, 15) is 4.79 Å². The zero-order chi connectivity index (χ0) is 13.1. The van der Waals surface area contributed by atoms with Gasteiger partial charge in [-0.2, -0.15) is 5.10 Å². The molecule has 0 saturated carbocycles. The minimum absolute atomic E-state index is 0.0730. The molecule has 0 amide bonds. The lowest BCUT2D eigenvalue weighted by Crippen LogP contribution is -2.01. The van der Waals surface area contributed by atoms with E-state index < -0.39 is 5.97 Å². The van der Waals surface area contributed by atoms with Crippen LogP contribution in [0.3, 0.4) is 0 Å². The number of carboxylic acids is 1. The highest BCUT2D eigenvalue weighted by molar-refractivity contribution is 5.86. The van der Waals surface area contributed by atoms with Gasteiger partial charge in [0.05, 0.1) is 12.3 Å². The normalized spacial score (nSPS) is 10.3. The number of hydrogen-bond acceptors (Lipinski definition) is 3. The molecule has 1 N–H and O–H groups in total. The number of aryl methyl sites for hydroxylation is 1. The van der Waals surface area contributed by atoms with E-state index in [0.29, 0.717) is 12.2 Å². The zero-order valence-electron chi connectivity index (χ0n) is 10.3. The maximum absolute atomic E-state index is 10.9. The molecule has 2 aromatic rings. The Morgan fingerprint density at radius 3 is 2.56 bits per heavy atom. The third kappa shape index (κ3) is 2.34. The van der Waals surface area contributed by atoms with Crippen molar-refractivity contribution < 1.29 is 14.6 Å². The van der Waals surface area contributed by atoms with Gasteiger partial charge in [-0.15, -0.1) is 0 Å². The van der Waals surface area contributed by atoms with Gasteiger partial charge in [-0.3, -0.25) is 0 Å². The molecule has 0 spiro atoms. The van der Waals surface area contributed by atoms with Crippen LogP contribution in [0.15, 0.2) is 30.5 Å². The third-order valence-electron chi connectivity index (χ3n) is 2.51. The van der Waals surface area contributed by atoms with Crippen LogP contribution in [0.4, 0.5) is 0 Å². The van der Waals surface area contributed by atoms with Crippen molar-refractivity contribution in [3.8, 4) is 11.4 Å². The average molecular weight is 246 g/mol. The second-order valence-electron chi connectivity index (χ2n) is 3.84. The molecule has 1 heterocycles. The minimum Gasteiger partial charge on any atom is -0.494 e. The van der Waals surface area contributed by atoms with Crippen molar-refractivity contribution in [2.75, 3.05) is 6.61 Å². The summed E-state index contributed by atoms with van der Waals surface area (Å²) in [4.78, 5) is 10.9. The molecule has 1 aromatic heterocycles. The van der Waals surface area contributed by atoms with Gasteiger partial charge in [-0.25, -0.2) is 9.48 Å². The third-order valence-corrected chi connectivity index (χ3v) is 2.51. The van der Waals surface area contributed by atoms with Crippen molar-refractivity contribution in [2.45, 2.75) is 13.8 Å². The first-order valence-electron chi connectivity index (χ1n) is 5.64. The van der Waals surface area contributed by atoms with Gasteiger partial charge in [0.25, 0.3) is 0 Å². The Morgan fingerprint density at radius 2 is 2.06 bits per heavy atom. The summed E-state index contributed by atoms with van der Waals surface area (Å²) < 4.78 is 6.89. The number of carboxylic acid groups (broad SMARTS) is 1. The van der Waals surface area contributed by atoms with E-state index in [-0.39, 0.29) is 5.69 Å². The molecule has 1 aromatic carbocycles. The molecular weight excluding hydrogens is 232 g/mol. The van der Waals surface area contributed by atoms with Crippen LogP contribution >= 0.6 is 0 Å². The number of carbonyl (C=O) groups is 1. The predicted octanol–water partition coefficient (Wildman–Crippen LogP) is 2.28. The summed E-state index contributed by atoms with van der Waals surface area (Å²) in [5.74, 6) is -0.235. The van der Waals surface area contributed by atoms with Crippen LogP contribution in [0.5, 0.6) is 5.75 Å². The maximum Gasteiger partial charge on any atom is 0.356 e. The fourth-order valence-electron chi connectivity index (χ4n) is 1.67. The lowest BCUT2D eigenvalue weighted by molar-refractivity contribution is 0.0689. The lowest BCUT2D eigenvalue weighted by Gasteiger charge is -2.04. The molecule has 0 aliphatic rings. The van der Waals surface area contributed by atoms with Crippen molar-refractivity contribution in [1.29, 1.82) is 0 Å². The summed E-state index contributed by atoms with van der Waals surface area (Å²) in [6, 6.07) is 7.33. The summed E-state index contributed by atoms with van der Waals surface area (Å²) >= 11 is 0. The second-order valence-corrected chi connectivity index (χ2v) is 3.84. The van der Waals surface area contributed by atoms with Gasteiger partial charge in [0.2, 0.25) is 0 Å². The lowest BCUT2D eigenvalue weighted by atomic mass is 10.3. The molecule has 94 valence electrons. The number of aromatic nitrogens is 2. The van der Waals surface area contributed by atoms with Gasteiger partial charge in [0.15, 0.2) is 5.69 Å². The highest BCUT2D eigenvalue weighted by Crippen LogP contribution is 2.16. The molecule has 0 atom stereocenters. The number of nitrogens with zero attached hydrogens (tertiary/aromatic N) is 2. The predicted molar refractivity (Wildman–Crippen MR) is 66.4 cm³/mol. The van der Waals surface area contributed by atoms with Crippen molar-refractivity contribution in [3.05, 3.63) is 41.7 Å². The summed E-state index contributed by atoms with van der Waals surface area (Å²) in [6.07, 6.45) is 1.69. The van der Waals surface area contributed by atoms with Crippen LogP contribution in [0.2, 0.25) is 0 Å². The Kier molecular flexibility index (Phi) is 3.32. The largest absolute Gasteiger partial charge is 0.494 e. The number of rotatable bonds is 4. The Bertz CT molecular complexity index is 558. The fraction of sp³-hybridized carbons (Fsp3) is 0.231. The summed E-state index contributed by atoms with van der Waals surface area (Å²) in [7, 11) is 0. The summed E-state index contributed by atoms with van der Waals surface area (Å²) in [6.45, 7) is 4.26. The van der Waals surface area contributed by atoms with Gasteiger partial charge in [0, 0.05) is 11.8 Å². The SMILES string of the molecule is CCOc1ccc(-n2cc(C)c(C(=O)O)n2)cc1. The topological polar surface area (TPSA) is 64.3 Å². The standard InChI is InChI=1S/C13H14N2O3/c1-3-18-11-6-4-10(5-7-11)15-8-9(2)12(14-15)13(16)17/h4-8H,3H2,1-2H3,(H,16,17). The zero-order valence-corrected chi connectivity index (χ0v) is 10.3. The Hall–Kier alpha value is -2.30. The first-order valence-corrected chi connectivity index (χ1v) is 5.64. The first-order chi connectivity index (χ1) is 8.61. The van der Waals surface area contributed by atoms with Crippen molar-refractivity contribution >= 4 is 5.97 Å². The molecule has 0 aliphatic heterocycles. The quantitative estimate of drug-likeness (QED) is 0.898. The van der Waals surface area contributed by atoms with Crippen LogP contribution in [0, 0.1) is 6.92 Å². The van der Waals surface area contributed by atoms with Crippen LogP contribution in [0.1, 0.15) is 23.0 Å². The fourth-order valence-corrected chi connectivity index (χ4v) is 1.67. The van der Waals surface area contributed by atoms with Crippen LogP contribution in [0.25, 0.3) is 5.69 Å². The summed E-state index contributed by atoms with van der Waals surface area (Å²) in [5.41, 5.74) is 1.51. The molecule has 0 fully saturated rings. The van der Waals surface area contributed by atoms with E-state index >= 15 is 0 Å². The highest BCUT2D eigenvalue weighted by atomic mass is 16.5. The number of hydrogen-bond donors (Lipinski definition) is 1. The average Bonchev–Trinajstić information content (AvgIpc) is 2.73. The molecule has 0 radical (unpaired) electrons. The molecular formula is C13H14N2O3. The smallest absolute Gasteiger partial charge is 0.356 e. The molecule has 2 rings (SSSR count). The van der Waals surface area contributed by atoms with Crippen LogP contribution in [-0.2, 0) is 0 Å². The molecule has 5 nitrogen and oxygen atoms in total. The van der Waals surface area contributed by atoms with Gasteiger partial charge >= 0.3 is 5.97 Å². The number of aromatic carboxylic acids is 1. The Labute approximate surface area is 105 Å². The van der Waals surface area contributed by atoms with E-state index in [4.69, 9.17) is 9.84 Å². The van der Waals surface area contributed by atoms with Crippen molar-refractivity contribution in [1.82, 2.24) is 9.78 Å². The van der Waals surface area contributed by atoms with Gasteiger partial charge < -0.3 is 9.84 Å². The van der Waals surface area contributed by atoms with Gasteiger partial charge in [0.1, 0.15) is 5.75 Å². The molecule has 5 heteroatoms. The van der Waals surface area contributed by atoms with Crippen LogP contribution in [-0.4, -0.2) is 27.5 Å². The summed E-state index contributed by atoms with van der Waals surface area (Å²) in [5, 5.41) is 13.0. The monoisotopic (exact) mass is 246 g/mol. The Balaban J connectivity index is 2.31. The van der Waals surface area contributed by atoms with E-state index in [1.807, 2.05) is 31.2 Å². The van der Waals surface area contributed by atoms with E-state index in [2.05, 4.69) is 5.10 Å². The molecule has 18 heavy (non-hydrogen) atoms. The second kappa shape index (κ2) is 4.91. The van der Waals surface area contributed by atoms with E-state index in [1.54, 1.807) is 17.8 Å². The first kappa shape index (κ1) is 12.2. The number of benzene rings is 1. The molecule has 0 saturated heterocycles. The molecule has 0 aliphatic carbocycles. The van der Waals surface area contributed by atoms with Gasteiger partial charge in [-0.05, 0) is 38.1 Å². The highest BCUT2D eigenvalue weighted by Gasteiger charge is 2.12.